The predicted molar refractivity (Wildman–Crippen MR) is 68.1 cm³/mol. The van der Waals surface area contributed by atoms with Gasteiger partial charge < -0.3 is 4.74 Å². The van der Waals surface area contributed by atoms with E-state index in [0.29, 0.717) is 21.5 Å². The molecule has 2 rings (SSSR count). The largest absolute Gasteiger partial charge is 0.496 e. The lowest BCUT2D eigenvalue weighted by Crippen LogP contribution is -2.12. The Morgan fingerprint density at radius 1 is 1.53 bits per heavy atom. The molecule has 0 unspecified atom stereocenters. The first kappa shape index (κ1) is 11.9. The fraction of sp³-hybridized carbons (Fsp3) is 0.0909. The van der Waals surface area contributed by atoms with Gasteiger partial charge in [0, 0.05) is 16.6 Å². The Morgan fingerprint density at radius 2 is 2.35 bits per heavy atom. The van der Waals surface area contributed by atoms with Gasteiger partial charge in [0.2, 0.25) is 0 Å². The van der Waals surface area contributed by atoms with Crippen molar-refractivity contribution in [3.63, 3.8) is 0 Å². The lowest BCUT2D eigenvalue weighted by atomic mass is 10.2. The van der Waals surface area contributed by atoms with Crippen LogP contribution in [-0.2, 0) is 0 Å². The molecule has 0 atom stereocenters. The van der Waals surface area contributed by atoms with E-state index >= 15 is 0 Å². The van der Waals surface area contributed by atoms with Crippen LogP contribution in [0.15, 0.2) is 29.8 Å². The second-order valence-corrected chi connectivity index (χ2v) is 4.47. The lowest BCUT2D eigenvalue weighted by Gasteiger charge is -2.07. The average molecular weight is 269 g/mol. The summed E-state index contributed by atoms with van der Waals surface area (Å²) in [6, 6.07) is 4.85. The number of amides is 1. The molecule has 0 saturated heterocycles. The van der Waals surface area contributed by atoms with Crippen LogP contribution in [0.3, 0.4) is 0 Å². The maximum absolute atomic E-state index is 11.9. The number of ether oxygens (including phenoxy) is 1. The molecule has 2 aromatic rings. The lowest BCUT2D eigenvalue weighted by molar-refractivity contribution is 0.102. The summed E-state index contributed by atoms with van der Waals surface area (Å²) >= 11 is 7.17. The molecule has 0 aliphatic rings. The molecule has 1 heterocycles. The van der Waals surface area contributed by atoms with Gasteiger partial charge in [-0.2, -0.15) is 0 Å². The van der Waals surface area contributed by atoms with E-state index in [9.17, 15) is 4.79 Å². The fourth-order valence-corrected chi connectivity index (χ4v) is 1.99. The van der Waals surface area contributed by atoms with Gasteiger partial charge in [0.05, 0.1) is 12.7 Å². The predicted octanol–water partition coefficient (Wildman–Crippen LogP) is 3.06. The van der Waals surface area contributed by atoms with E-state index in [2.05, 4.69) is 10.3 Å². The molecule has 1 aromatic heterocycles. The molecule has 1 aromatic carbocycles. The summed E-state index contributed by atoms with van der Waals surface area (Å²) in [7, 11) is 1.49. The zero-order valence-corrected chi connectivity index (χ0v) is 10.5. The highest BCUT2D eigenvalue weighted by Gasteiger charge is 2.13. The smallest absolute Gasteiger partial charge is 0.261 e. The Morgan fingerprint density at radius 3 is 3.00 bits per heavy atom. The molecule has 0 aliphatic carbocycles. The minimum atomic E-state index is -0.270. The van der Waals surface area contributed by atoms with Crippen molar-refractivity contribution in [1.82, 2.24) is 4.98 Å². The SMILES string of the molecule is COc1cc(Cl)ccc1C(=O)Nc1nccs1. The van der Waals surface area contributed by atoms with E-state index in [4.69, 9.17) is 16.3 Å². The van der Waals surface area contributed by atoms with Gasteiger partial charge in [-0.1, -0.05) is 11.6 Å². The summed E-state index contributed by atoms with van der Waals surface area (Å²) in [6.07, 6.45) is 1.62. The first-order valence-corrected chi connectivity index (χ1v) is 6.01. The highest BCUT2D eigenvalue weighted by atomic mass is 35.5. The van der Waals surface area contributed by atoms with Crippen LogP contribution < -0.4 is 10.1 Å². The second-order valence-electron chi connectivity index (χ2n) is 3.14. The molecule has 88 valence electrons. The van der Waals surface area contributed by atoms with Crippen LogP contribution in [-0.4, -0.2) is 18.0 Å². The maximum Gasteiger partial charge on any atom is 0.261 e. The van der Waals surface area contributed by atoms with Gasteiger partial charge >= 0.3 is 0 Å². The van der Waals surface area contributed by atoms with Crippen LogP contribution in [0.5, 0.6) is 5.75 Å². The van der Waals surface area contributed by atoms with Crippen molar-refractivity contribution in [2.75, 3.05) is 12.4 Å². The Balaban J connectivity index is 2.24. The van der Waals surface area contributed by atoms with Gasteiger partial charge in [-0.3, -0.25) is 10.1 Å². The molecule has 0 fully saturated rings. The molecule has 0 bridgehead atoms. The molecule has 0 radical (unpaired) electrons. The third-order valence-electron chi connectivity index (χ3n) is 2.06. The third-order valence-corrected chi connectivity index (χ3v) is 2.98. The summed E-state index contributed by atoms with van der Waals surface area (Å²) in [4.78, 5) is 15.9. The van der Waals surface area contributed by atoms with Crippen molar-refractivity contribution >= 4 is 34.0 Å². The molecule has 0 saturated carbocycles. The van der Waals surface area contributed by atoms with Crippen LogP contribution in [0, 0.1) is 0 Å². The van der Waals surface area contributed by atoms with E-state index in [-0.39, 0.29) is 5.91 Å². The van der Waals surface area contributed by atoms with Gasteiger partial charge in [0.15, 0.2) is 5.13 Å². The molecule has 1 N–H and O–H groups in total. The fourth-order valence-electron chi connectivity index (χ4n) is 1.30. The number of hydrogen-bond acceptors (Lipinski definition) is 4. The van der Waals surface area contributed by atoms with Crippen molar-refractivity contribution in [3.05, 3.63) is 40.4 Å². The number of hydrogen-bond donors (Lipinski definition) is 1. The molecule has 0 spiro atoms. The minimum absolute atomic E-state index is 0.270. The first-order valence-electron chi connectivity index (χ1n) is 4.75. The van der Waals surface area contributed by atoms with Gasteiger partial charge in [-0.25, -0.2) is 4.98 Å². The molecule has 1 amide bonds. The number of rotatable bonds is 3. The Labute approximate surface area is 107 Å². The second kappa shape index (κ2) is 5.16. The zero-order chi connectivity index (χ0) is 12.3. The van der Waals surface area contributed by atoms with Crippen molar-refractivity contribution in [2.24, 2.45) is 0 Å². The monoisotopic (exact) mass is 268 g/mol. The Hall–Kier alpha value is -1.59. The summed E-state index contributed by atoms with van der Waals surface area (Å²) in [6.45, 7) is 0. The third kappa shape index (κ3) is 2.75. The summed E-state index contributed by atoms with van der Waals surface area (Å²) in [5.41, 5.74) is 0.423. The number of nitrogens with one attached hydrogen (secondary N) is 1. The highest BCUT2D eigenvalue weighted by Crippen LogP contribution is 2.24. The summed E-state index contributed by atoms with van der Waals surface area (Å²) in [5.74, 6) is 0.167. The van der Waals surface area contributed by atoms with E-state index in [0.717, 1.165) is 0 Å². The highest BCUT2D eigenvalue weighted by molar-refractivity contribution is 7.13. The zero-order valence-electron chi connectivity index (χ0n) is 8.94. The maximum atomic E-state index is 11.9. The van der Waals surface area contributed by atoms with Gasteiger partial charge in [-0.15, -0.1) is 11.3 Å². The number of nitrogens with zero attached hydrogens (tertiary/aromatic N) is 1. The quantitative estimate of drug-likeness (QED) is 0.931. The number of carbonyl (C=O) groups is 1. The first-order chi connectivity index (χ1) is 8.20. The van der Waals surface area contributed by atoms with Gasteiger partial charge in [0.1, 0.15) is 5.75 Å². The number of benzene rings is 1. The van der Waals surface area contributed by atoms with Crippen molar-refractivity contribution < 1.29 is 9.53 Å². The van der Waals surface area contributed by atoms with E-state index in [1.165, 1.54) is 18.4 Å². The van der Waals surface area contributed by atoms with Gasteiger partial charge in [0.25, 0.3) is 5.91 Å². The van der Waals surface area contributed by atoms with Crippen LogP contribution in [0.2, 0.25) is 5.02 Å². The number of anilines is 1. The van der Waals surface area contributed by atoms with E-state index < -0.39 is 0 Å². The molecule has 4 nitrogen and oxygen atoms in total. The summed E-state index contributed by atoms with van der Waals surface area (Å²) in [5, 5.41) is 5.53. The summed E-state index contributed by atoms with van der Waals surface area (Å²) < 4.78 is 5.10. The van der Waals surface area contributed by atoms with Crippen molar-refractivity contribution in [1.29, 1.82) is 0 Å². The number of methoxy groups -OCH3 is 1. The van der Waals surface area contributed by atoms with Crippen LogP contribution in [0.4, 0.5) is 5.13 Å². The topological polar surface area (TPSA) is 51.2 Å². The van der Waals surface area contributed by atoms with Crippen LogP contribution in [0.1, 0.15) is 10.4 Å². The Bertz CT molecular complexity index is 528. The van der Waals surface area contributed by atoms with Crippen molar-refractivity contribution in [2.45, 2.75) is 0 Å². The minimum Gasteiger partial charge on any atom is -0.496 e. The Kier molecular flexibility index (Phi) is 3.61. The average Bonchev–Trinajstić information content (AvgIpc) is 2.81. The van der Waals surface area contributed by atoms with Crippen LogP contribution in [0.25, 0.3) is 0 Å². The normalized spacial score (nSPS) is 10.0. The number of thiazole rings is 1. The molecule has 6 heteroatoms. The molecular weight excluding hydrogens is 260 g/mol. The number of aromatic nitrogens is 1. The van der Waals surface area contributed by atoms with E-state index in [1.54, 1.807) is 29.8 Å². The molecule has 0 aliphatic heterocycles. The van der Waals surface area contributed by atoms with Gasteiger partial charge in [-0.05, 0) is 18.2 Å². The number of halogens is 1. The van der Waals surface area contributed by atoms with Crippen LogP contribution >= 0.6 is 22.9 Å². The molecular formula is C11H9ClN2O2S. The number of carbonyl (C=O) groups excluding carboxylic acids is 1. The standard InChI is InChI=1S/C11H9ClN2O2S/c1-16-9-6-7(12)2-3-8(9)10(15)14-11-13-4-5-17-11/h2-6H,1H3,(H,13,14,15). The van der Waals surface area contributed by atoms with Crippen molar-refractivity contribution in [3.8, 4) is 5.75 Å². The molecule has 17 heavy (non-hydrogen) atoms. The van der Waals surface area contributed by atoms with E-state index in [1.807, 2.05) is 0 Å².